The quantitative estimate of drug-likeness (QED) is 0.833. The first-order valence-electron chi connectivity index (χ1n) is 6.04. The lowest BCUT2D eigenvalue weighted by Crippen LogP contribution is -2.18. The zero-order valence-electron chi connectivity index (χ0n) is 10.5. The van der Waals surface area contributed by atoms with Gasteiger partial charge in [0.25, 0.3) is 0 Å². The zero-order valence-corrected chi connectivity index (χ0v) is 10.5. The Bertz CT molecular complexity index is 382. The summed E-state index contributed by atoms with van der Waals surface area (Å²) in [5, 5.41) is 3.28. The molecular formula is C12H19N3O2. The van der Waals surface area contributed by atoms with Crippen LogP contribution in [-0.4, -0.2) is 36.8 Å². The van der Waals surface area contributed by atoms with Gasteiger partial charge < -0.3 is 14.8 Å². The maximum atomic E-state index is 5.46. The van der Waals surface area contributed by atoms with Crippen molar-refractivity contribution < 1.29 is 9.47 Å². The summed E-state index contributed by atoms with van der Waals surface area (Å²) >= 11 is 0. The van der Waals surface area contributed by atoms with E-state index in [0.29, 0.717) is 13.2 Å². The van der Waals surface area contributed by atoms with Crippen molar-refractivity contribution in [1.82, 2.24) is 9.97 Å². The van der Waals surface area contributed by atoms with Gasteiger partial charge in [0.1, 0.15) is 11.6 Å². The highest BCUT2D eigenvalue weighted by Crippen LogP contribution is 2.22. The Kier molecular flexibility index (Phi) is 4.28. The van der Waals surface area contributed by atoms with E-state index in [1.807, 2.05) is 0 Å². The van der Waals surface area contributed by atoms with Crippen molar-refractivity contribution in [3.05, 3.63) is 17.1 Å². The largest absolute Gasteiger partial charge is 0.384 e. The summed E-state index contributed by atoms with van der Waals surface area (Å²) in [6.45, 7) is 4.93. The predicted octanol–water partition coefficient (Wildman–Crippen LogP) is 1.17. The highest BCUT2D eigenvalue weighted by Gasteiger charge is 2.17. The molecule has 0 spiro atoms. The second kappa shape index (κ2) is 5.93. The molecule has 5 heteroatoms. The van der Waals surface area contributed by atoms with Crippen LogP contribution >= 0.6 is 0 Å². The van der Waals surface area contributed by atoms with Gasteiger partial charge in [-0.2, -0.15) is 0 Å². The second-order valence-electron chi connectivity index (χ2n) is 3.99. The summed E-state index contributed by atoms with van der Waals surface area (Å²) in [4.78, 5) is 9.11. The van der Waals surface area contributed by atoms with Crippen LogP contribution in [0.3, 0.4) is 0 Å². The van der Waals surface area contributed by atoms with Gasteiger partial charge in [0.2, 0.25) is 0 Å². The Labute approximate surface area is 102 Å². The molecule has 1 aliphatic rings. The number of ether oxygens (including phenoxy) is 2. The van der Waals surface area contributed by atoms with Gasteiger partial charge in [-0.25, -0.2) is 9.97 Å². The van der Waals surface area contributed by atoms with Crippen LogP contribution in [0.4, 0.5) is 5.82 Å². The van der Waals surface area contributed by atoms with E-state index in [0.717, 1.165) is 48.9 Å². The average molecular weight is 237 g/mol. The first-order chi connectivity index (χ1) is 8.35. The lowest BCUT2D eigenvalue weighted by Gasteiger charge is -2.19. The summed E-state index contributed by atoms with van der Waals surface area (Å²) in [5.74, 6) is 1.77. The number of hydrogen-bond acceptors (Lipinski definition) is 5. The van der Waals surface area contributed by atoms with Crippen molar-refractivity contribution in [2.24, 2.45) is 0 Å². The van der Waals surface area contributed by atoms with Crippen molar-refractivity contribution >= 4 is 5.82 Å². The summed E-state index contributed by atoms with van der Waals surface area (Å²) < 4.78 is 10.5. The third kappa shape index (κ3) is 2.92. The summed E-state index contributed by atoms with van der Waals surface area (Å²) in [6, 6.07) is 0. The number of rotatable bonds is 5. The van der Waals surface area contributed by atoms with Crippen LogP contribution in [-0.2, 0) is 28.9 Å². The average Bonchev–Trinajstić information content (AvgIpc) is 2.37. The van der Waals surface area contributed by atoms with Crippen LogP contribution in [0, 0.1) is 0 Å². The van der Waals surface area contributed by atoms with Crippen LogP contribution in [0.25, 0.3) is 0 Å². The number of anilines is 1. The van der Waals surface area contributed by atoms with E-state index in [1.165, 1.54) is 0 Å². The van der Waals surface area contributed by atoms with Crippen LogP contribution in [0.5, 0.6) is 0 Å². The Hall–Kier alpha value is -1.20. The SMILES string of the molecule is CCNc1nc(CCOC)nc2c1COCC2. The smallest absolute Gasteiger partial charge is 0.135 e. The fraction of sp³-hybridized carbons (Fsp3) is 0.667. The highest BCUT2D eigenvalue weighted by atomic mass is 16.5. The molecular weight excluding hydrogens is 218 g/mol. The maximum absolute atomic E-state index is 5.46. The van der Waals surface area contributed by atoms with Crippen LogP contribution in [0.2, 0.25) is 0 Å². The van der Waals surface area contributed by atoms with Gasteiger partial charge in [0.05, 0.1) is 25.5 Å². The molecule has 1 aliphatic heterocycles. The number of methoxy groups -OCH3 is 1. The number of aromatic nitrogens is 2. The summed E-state index contributed by atoms with van der Waals surface area (Å²) in [5.41, 5.74) is 2.23. The van der Waals surface area contributed by atoms with E-state index in [-0.39, 0.29) is 0 Å². The lowest BCUT2D eigenvalue weighted by molar-refractivity contribution is 0.109. The molecule has 0 unspecified atom stereocenters. The molecule has 0 amide bonds. The van der Waals surface area contributed by atoms with Gasteiger partial charge in [0, 0.05) is 32.1 Å². The fourth-order valence-electron chi connectivity index (χ4n) is 1.90. The zero-order chi connectivity index (χ0) is 12.1. The van der Waals surface area contributed by atoms with Crippen molar-refractivity contribution in [2.75, 3.05) is 32.2 Å². The van der Waals surface area contributed by atoms with Gasteiger partial charge in [-0.1, -0.05) is 0 Å². The Morgan fingerprint density at radius 1 is 1.41 bits per heavy atom. The molecule has 1 aromatic rings. The van der Waals surface area contributed by atoms with E-state index in [1.54, 1.807) is 7.11 Å². The molecule has 0 saturated heterocycles. The third-order valence-corrected chi connectivity index (χ3v) is 2.74. The minimum atomic E-state index is 0.613. The van der Waals surface area contributed by atoms with Gasteiger partial charge in [-0.05, 0) is 6.92 Å². The summed E-state index contributed by atoms with van der Waals surface area (Å²) in [6.07, 6.45) is 1.62. The first-order valence-corrected chi connectivity index (χ1v) is 6.04. The minimum Gasteiger partial charge on any atom is -0.384 e. The monoisotopic (exact) mass is 237 g/mol. The maximum Gasteiger partial charge on any atom is 0.135 e. The van der Waals surface area contributed by atoms with E-state index in [2.05, 4.69) is 22.2 Å². The minimum absolute atomic E-state index is 0.613. The fourth-order valence-corrected chi connectivity index (χ4v) is 1.90. The van der Waals surface area contributed by atoms with Crippen molar-refractivity contribution in [1.29, 1.82) is 0 Å². The molecule has 0 atom stereocenters. The topological polar surface area (TPSA) is 56.3 Å². The van der Waals surface area contributed by atoms with Crippen molar-refractivity contribution in [2.45, 2.75) is 26.4 Å². The molecule has 0 fully saturated rings. The molecule has 2 heterocycles. The van der Waals surface area contributed by atoms with Crippen LogP contribution < -0.4 is 5.32 Å². The number of nitrogens with one attached hydrogen (secondary N) is 1. The molecule has 0 aromatic carbocycles. The molecule has 0 saturated carbocycles. The normalized spacial score (nSPS) is 14.5. The van der Waals surface area contributed by atoms with Gasteiger partial charge >= 0.3 is 0 Å². The van der Waals surface area contributed by atoms with E-state index in [9.17, 15) is 0 Å². The van der Waals surface area contributed by atoms with Gasteiger partial charge in [0.15, 0.2) is 0 Å². The molecule has 17 heavy (non-hydrogen) atoms. The first kappa shape index (κ1) is 12.3. The molecule has 5 nitrogen and oxygen atoms in total. The third-order valence-electron chi connectivity index (χ3n) is 2.74. The Balaban J connectivity index is 2.27. The van der Waals surface area contributed by atoms with E-state index in [4.69, 9.17) is 9.47 Å². The molecule has 94 valence electrons. The van der Waals surface area contributed by atoms with E-state index < -0.39 is 0 Å². The van der Waals surface area contributed by atoms with Crippen LogP contribution in [0.1, 0.15) is 24.0 Å². The lowest BCUT2D eigenvalue weighted by atomic mass is 10.1. The molecule has 1 aromatic heterocycles. The highest BCUT2D eigenvalue weighted by molar-refractivity contribution is 5.47. The van der Waals surface area contributed by atoms with Gasteiger partial charge in [-0.15, -0.1) is 0 Å². The molecule has 0 aliphatic carbocycles. The predicted molar refractivity (Wildman–Crippen MR) is 65.1 cm³/mol. The molecule has 1 N–H and O–H groups in total. The van der Waals surface area contributed by atoms with Crippen molar-refractivity contribution in [3.8, 4) is 0 Å². The number of nitrogens with zero attached hydrogens (tertiary/aromatic N) is 2. The van der Waals surface area contributed by atoms with E-state index >= 15 is 0 Å². The van der Waals surface area contributed by atoms with Gasteiger partial charge in [-0.3, -0.25) is 0 Å². The summed E-state index contributed by atoms with van der Waals surface area (Å²) in [7, 11) is 1.69. The molecule has 2 rings (SSSR count). The van der Waals surface area contributed by atoms with Crippen molar-refractivity contribution in [3.63, 3.8) is 0 Å². The molecule has 0 radical (unpaired) electrons. The number of fused-ring (bicyclic) bond motifs is 1. The van der Waals surface area contributed by atoms with Crippen LogP contribution in [0.15, 0.2) is 0 Å². The standard InChI is InChI=1S/C12H19N3O2/c1-3-13-12-9-8-17-7-4-10(9)14-11(15-12)5-6-16-2/h3-8H2,1-2H3,(H,13,14,15). The second-order valence-corrected chi connectivity index (χ2v) is 3.99. The Morgan fingerprint density at radius 3 is 3.06 bits per heavy atom. The molecule has 0 bridgehead atoms. The Morgan fingerprint density at radius 2 is 2.29 bits per heavy atom. The number of hydrogen-bond donors (Lipinski definition) is 1.